The maximum Gasteiger partial charge on any atom is 0.129 e. The Hall–Kier alpha value is -1.00. The van der Waals surface area contributed by atoms with Crippen LogP contribution in [-0.4, -0.2) is 28.7 Å². The minimum Gasteiger partial charge on any atom is -0.381 e. The van der Waals surface area contributed by atoms with Gasteiger partial charge in [-0.3, -0.25) is 0 Å². The second kappa shape index (κ2) is 6.19. The van der Waals surface area contributed by atoms with Crippen LogP contribution in [0.3, 0.4) is 0 Å². The molecule has 112 valence electrons. The molecule has 0 bridgehead atoms. The smallest absolute Gasteiger partial charge is 0.129 e. The Morgan fingerprint density at radius 2 is 1.85 bits per heavy atom. The standard InChI is InChI=1S/C16H27N3O/c1-11-14(9-17-16(3,4)5)12(2)19-15(18-11)8-13-6-7-20-10-13/h13,17H,6-10H2,1-5H3. The highest BCUT2D eigenvalue weighted by Crippen LogP contribution is 2.18. The van der Waals surface area contributed by atoms with Crippen molar-refractivity contribution in [1.29, 1.82) is 0 Å². The summed E-state index contributed by atoms with van der Waals surface area (Å²) in [6, 6.07) is 0. The highest BCUT2D eigenvalue weighted by atomic mass is 16.5. The molecule has 1 aromatic rings. The minimum atomic E-state index is 0.110. The van der Waals surface area contributed by atoms with Gasteiger partial charge in [0.2, 0.25) is 0 Å². The Bertz CT molecular complexity index is 436. The van der Waals surface area contributed by atoms with E-state index >= 15 is 0 Å². The molecule has 0 radical (unpaired) electrons. The van der Waals surface area contributed by atoms with E-state index in [4.69, 9.17) is 14.7 Å². The van der Waals surface area contributed by atoms with Crippen molar-refractivity contribution in [2.24, 2.45) is 5.92 Å². The Labute approximate surface area is 122 Å². The van der Waals surface area contributed by atoms with Crippen molar-refractivity contribution in [2.75, 3.05) is 13.2 Å². The van der Waals surface area contributed by atoms with Gasteiger partial charge < -0.3 is 10.1 Å². The first-order valence-electron chi connectivity index (χ1n) is 7.51. The molecule has 0 saturated carbocycles. The normalized spacial score (nSPS) is 19.6. The van der Waals surface area contributed by atoms with Crippen LogP contribution in [0.1, 0.15) is 50.0 Å². The van der Waals surface area contributed by atoms with E-state index in [0.29, 0.717) is 5.92 Å². The number of nitrogens with zero attached hydrogens (tertiary/aromatic N) is 2. The summed E-state index contributed by atoms with van der Waals surface area (Å²) in [6.07, 6.45) is 2.07. The van der Waals surface area contributed by atoms with E-state index in [-0.39, 0.29) is 5.54 Å². The number of hydrogen-bond donors (Lipinski definition) is 1. The van der Waals surface area contributed by atoms with Crippen LogP contribution >= 0.6 is 0 Å². The van der Waals surface area contributed by atoms with Crippen LogP contribution in [0.5, 0.6) is 0 Å². The zero-order valence-electron chi connectivity index (χ0n) is 13.4. The number of aromatic nitrogens is 2. The van der Waals surface area contributed by atoms with E-state index in [9.17, 15) is 0 Å². The van der Waals surface area contributed by atoms with Gasteiger partial charge in [0.25, 0.3) is 0 Å². The van der Waals surface area contributed by atoms with Crippen LogP contribution in [0.4, 0.5) is 0 Å². The van der Waals surface area contributed by atoms with Gasteiger partial charge in [-0.25, -0.2) is 9.97 Å². The molecule has 0 amide bonds. The van der Waals surface area contributed by atoms with Crippen LogP contribution in [0.15, 0.2) is 0 Å². The molecule has 1 aliphatic heterocycles. The molecule has 1 N–H and O–H groups in total. The third-order valence-corrected chi connectivity index (χ3v) is 3.76. The molecule has 1 aliphatic rings. The zero-order chi connectivity index (χ0) is 14.8. The number of nitrogens with one attached hydrogen (secondary N) is 1. The Kier molecular flexibility index (Phi) is 4.76. The van der Waals surface area contributed by atoms with Crippen LogP contribution in [0.2, 0.25) is 0 Å². The van der Waals surface area contributed by atoms with Crippen molar-refractivity contribution in [1.82, 2.24) is 15.3 Å². The third kappa shape index (κ3) is 4.25. The molecule has 1 atom stereocenters. The van der Waals surface area contributed by atoms with E-state index < -0.39 is 0 Å². The fourth-order valence-electron chi connectivity index (χ4n) is 2.51. The lowest BCUT2D eigenvalue weighted by Gasteiger charge is -2.22. The van der Waals surface area contributed by atoms with Crippen LogP contribution in [0, 0.1) is 19.8 Å². The molecule has 1 fully saturated rings. The minimum absolute atomic E-state index is 0.110. The second-order valence-corrected chi connectivity index (χ2v) is 6.83. The van der Waals surface area contributed by atoms with Crippen molar-refractivity contribution >= 4 is 0 Å². The van der Waals surface area contributed by atoms with Gasteiger partial charge in [0.05, 0.1) is 0 Å². The SMILES string of the molecule is Cc1nc(CC2CCOC2)nc(C)c1CNC(C)(C)C. The van der Waals surface area contributed by atoms with E-state index in [1.807, 2.05) is 0 Å². The summed E-state index contributed by atoms with van der Waals surface area (Å²) < 4.78 is 5.42. The first-order valence-corrected chi connectivity index (χ1v) is 7.51. The molecule has 1 unspecified atom stereocenters. The van der Waals surface area contributed by atoms with E-state index in [1.165, 1.54) is 5.56 Å². The molecule has 1 aromatic heterocycles. The molecular weight excluding hydrogens is 250 g/mol. The predicted molar refractivity (Wildman–Crippen MR) is 80.7 cm³/mol. The number of aryl methyl sites for hydroxylation is 2. The lowest BCUT2D eigenvalue weighted by molar-refractivity contribution is 0.185. The van der Waals surface area contributed by atoms with Gasteiger partial charge in [-0.1, -0.05) is 0 Å². The van der Waals surface area contributed by atoms with Crippen molar-refractivity contribution in [2.45, 2.75) is 59.5 Å². The van der Waals surface area contributed by atoms with Gasteiger partial charge in [0.1, 0.15) is 5.82 Å². The summed E-state index contributed by atoms with van der Waals surface area (Å²) in [5, 5.41) is 3.51. The molecule has 2 rings (SSSR count). The molecule has 0 aliphatic carbocycles. The molecule has 1 saturated heterocycles. The number of ether oxygens (including phenoxy) is 1. The van der Waals surface area contributed by atoms with Gasteiger partial charge >= 0.3 is 0 Å². The summed E-state index contributed by atoms with van der Waals surface area (Å²) in [7, 11) is 0. The maximum absolute atomic E-state index is 5.42. The molecular formula is C16H27N3O. The topological polar surface area (TPSA) is 47.0 Å². The highest BCUT2D eigenvalue weighted by molar-refractivity contribution is 5.24. The molecule has 20 heavy (non-hydrogen) atoms. The van der Waals surface area contributed by atoms with Gasteiger partial charge in [0, 0.05) is 48.7 Å². The fourth-order valence-corrected chi connectivity index (χ4v) is 2.51. The van der Waals surface area contributed by atoms with E-state index in [1.54, 1.807) is 0 Å². The largest absolute Gasteiger partial charge is 0.381 e. The molecule has 2 heterocycles. The molecule has 0 aromatic carbocycles. The Morgan fingerprint density at radius 1 is 1.20 bits per heavy atom. The van der Waals surface area contributed by atoms with Gasteiger partial charge in [-0.05, 0) is 47.0 Å². The average Bonchev–Trinajstić information content (AvgIpc) is 2.79. The first-order chi connectivity index (χ1) is 9.35. The van der Waals surface area contributed by atoms with Gasteiger partial charge in [0.15, 0.2) is 0 Å². The van der Waals surface area contributed by atoms with Crippen molar-refractivity contribution in [3.05, 3.63) is 22.8 Å². The zero-order valence-corrected chi connectivity index (χ0v) is 13.4. The van der Waals surface area contributed by atoms with Gasteiger partial charge in [-0.15, -0.1) is 0 Å². The monoisotopic (exact) mass is 277 g/mol. The average molecular weight is 277 g/mol. The summed E-state index contributed by atoms with van der Waals surface area (Å²) in [6.45, 7) is 13.3. The molecule has 4 heteroatoms. The number of hydrogen-bond acceptors (Lipinski definition) is 4. The summed E-state index contributed by atoms with van der Waals surface area (Å²) >= 11 is 0. The van der Waals surface area contributed by atoms with Crippen molar-refractivity contribution in [3.63, 3.8) is 0 Å². The summed E-state index contributed by atoms with van der Waals surface area (Å²) in [5.41, 5.74) is 3.54. The quantitative estimate of drug-likeness (QED) is 0.919. The van der Waals surface area contributed by atoms with Crippen LogP contribution in [0.25, 0.3) is 0 Å². The van der Waals surface area contributed by atoms with Crippen molar-refractivity contribution in [3.8, 4) is 0 Å². The summed E-state index contributed by atoms with van der Waals surface area (Å²) in [4.78, 5) is 9.38. The summed E-state index contributed by atoms with van der Waals surface area (Å²) in [5.74, 6) is 1.56. The maximum atomic E-state index is 5.42. The predicted octanol–water partition coefficient (Wildman–Crippen LogP) is 2.56. The lowest BCUT2D eigenvalue weighted by Crippen LogP contribution is -2.35. The van der Waals surface area contributed by atoms with E-state index in [2.05, 4.69) is 39.9 Å². The number of rotatable bonds is 4. The van der Waals surface area contributed by atoms with Crippen molar-refractivity contribution < 1.29 is 4.74 Å². The molecule has 0 spiro atoms. The van der Waals surface area contributed by atoms with Crippen LogP contribution < -0.4 is 5.32 Å². The second-order valence-electron chi connectivity index (χ2n) is 6.83. The fraction of sp³-hybridized carbons (Fsp3) is 0.750. The third-order valence-electron chi connectivity index (χ3n) is 3.76. The first kappa shape index (κ1) is 15.4. The Balaban J connectivity index is 2.07. The highest BCUT2D eigenvalue weighted by Gasteiger charge is 2.19. The van der Waals surface area contributed by atoms with Crippen LogP contribution in [-0.2, 0) is 17.7 Å². The molecule has 4 nitrogen and oxygen atoms in total. The Morgan fingerprint density at radius 3 is 2.35 bits per heavy atom. The lowest BCUT2D eigenvalue weighted by atomic mass is 10.0. The van der Waals surface area contributed by atoms with E-state index in [0.717, 1.165) is 49.8 Å². The van der Waals surface area contributed by atoms with Gasteiger partial charge in [-0.2, -0.15) is 0 Å².